The van der Waals surface area contributed by atoms with E-state index < -0.39 is 0 Å². The van der Waals surface area contributed by atoms with Gasteiger partial charge < -0.3 is 15.5 Å². The standard InChI is InChI=1S/C12H25N3O/c1-10(2)13-9-12(16)14-8-11-4-6-15(3)7-5-11/h10-11,13H,4-9H2,1-3H3,(H,14,16). The molecular weight excluding hydrogens is 202 g/mol. The van der Waals surface area contributed by atoms with E-state index in [-0.39, 0.29) is 5.91 Å². The number of amides is 1. The van der Waals surface area contributed by atoms with Gasteiger partial charge in [0.25, 0.3) is 0 Å². The molecule has 1 saturated heterocycles. The zero-order chi connectivity index (χ0) is 12.0. The molecule has 1 aliphatic rings. The van der Waals surface area contributed by atoms with Crippen LogP contribution in [-0.2, 0) is 4.79 Å². The summed E-state index contributed by atoms with van der Waals surface area (Å²) in [4.78, 5) is 13.8. The van der Waals surface area contributed by atoms with Crippen molar-refractivity contribution in [2.75, 3.05) is 33.2 Å². The molecule has 2 N–H and O–H groups in total. The molecule has 4 heteroatoms. The van der Waals surface area contributed by atoms with Crippen LogP contribution in [-0.4, -0.2) is 50.1 Å². The molecule has 0 radical (unpaired) electrons. The molecule has 0 spiro atoms. The Labute approximate surface area is 98.8 Å². The van der Waals surface area contributed by atoms with E-state index in [0.717, 1.165) is 19.6 Å². The zero-order valence-electron chi connectivity index (χ0n) is 10.8. The van der Waals surface area contributed by atoms with Crippen LogP contribution < -0.4 is 10.6 Å². The molecule has 1 heterocycles. The molecule has 0 saturated carbocycles. The first-order chi connectivity index (χ1) is 7.58. The summed E-state index contributed by atoms with van der Waals surface area (Å²) in [6.45, 7) is 7.68. The van der Waals surface area contributed by atoms with Crippen molar-refractivity contribution in [1.82, 2.24) is 15.5 Å². The molecule has 1 fully saturated rings. The van der Waals surface area contributed by atoms with E-state index in [1.807, 2.05) is 13.8 Å². The first kappa shape index (κ1) is 13.5. The number of nitrogens with one attached hydrogen (secondary N) is 2. The summed E-state index contributed by atoms with van der Waals surface area (Å²) >= 11 is 0. The molecular formula is C12H25N3O. The van der Waals surface area contributed by atoms with Gasteiger partial charge in [-0.2, -0.15) is 0 Å². The number of hydrogen-bond acceptors (Lipinski definition) is 3. The van der Waals surface area contributed by atoms with Crippen LogP contribution in [0.3, 0.4) is 0 Å². The van der Waals surface area contributed by atoms with Gasteiger partial charge in [0.2, 0.25) is 5.91 Å². The molecule has 1 amide bonds. The summed E-state index contributed by atoms with van der Waals surface area (Å²) in [5.74, 6) is 0.784. The van der Waals surface area contributed by atoms with Crippen LogP contribution in [0.2, 0.25) is 0 Å². The van der Waals surface area contributed by atoms with E-state index in [2.05, 4.69) is 22.6 Å². The topological polar surface area (TPSA) is 44.4 Å². The van der Waals surface area contributed by atoms with E-state index >= 15 is 0 Å². The first-order valence-electron chi connectivity index (χ1n) is 6.26. The van der Waals surface area contributed by atoms with Crippen molar-refractivity contribution in [3.63, 3.8) is 0 Å². The maximum atomic E-state index is 11.5. The Morgan fingerprint density at radius 3 is 2.56 bits per heavy atom. The number of rotatable bonds is 5. The summed E-state index contributed by atoms with van der Waals surface area (Å²) < 4.78 is 0. The number of piperidine rings is 1. The Balaban J connectivity index is 2.07. The molecule has 0 aromatic carbocycles. The van der Waals surface area contributed by atoms with Gasteiger partial charge in [-0.05, 0) is 38.9 Å². The lowest BCUT2D eigenvalue weighted by atomic mass is 9.97. The highest BCUT2D eigenvalue weighted by Gasteiger charge is 2.16. The van der Waals surface area contributed by atoms with Crippen LogP contribution in [0.25, 0.3) is 0 Å². The van der Waals surface area contributed by atoms with Crippen LogP contribution in [0.15, 0.2) is 0 Å². The summed E-state index contributed by atoms with van der Waals surface area (Å²) in [6, 6.07) is 0.370. The summed E-state index contributed by atoms with van der Waals surface area (Å²) in [6.07, 6.45) is 2.41. The van der Waals surface area contributed by atoms with E-state index in [1.54, 1.807) is 0 Å². The fourth-order valence-corrected chi connectivity index (χ4v) is 1.88. The highest BCUT2D eigenvalue weighted by atomic mass is 16.1. The Kier molecular flexibility index (Phi) is 5.77. The minimum absolute atomic E-state index is 0.118. The molecule has 16 heavy (non-hydrogen) atoms. The highest BCUT2D eigenvalue weighted by Crippen LogP contribution is 2.14. The van der Waals surface area contributed by atoms with Gasteiger partial charge in [0.15, 0.2) is 0 Å². The van der Waals surface area contributed by atoms with Crippen molar-refractivity contribution >= 4 is 5.91 Å². The molecule has 1 aliphatic heterocycles. The van der Waals surface area contributed by atoms with E-state index in [9.17, 15) is 4.79 Å². The maximum Gasteiger partial charge on any atom is 0.233 e. The number of carbonyl (C=O) groups excluding carboxylic acids is 1. The van der Waals surface area contributed by atoms with Gasteiger partial charge in [0.05, 0.1) is 6.54 Å². The Morgan fingerprint density at radius 1 is 1.38 bits per heavy atom. The third-order valence-electron chi connectivity index (χ3n) is 3.10. The molecule has 0 aliphatic carbocycles. The number of hydrogen-bond donors (Lipinski definition) is 2. The van der Waals surface area contributed by atoms with Gasteiger partial charge in [0, 0.05) is 12.6 Å². The second-order valence-electron chi connectivity index (χ2n) is 5.09. The van der Waals surface area contributed by atoms with Crippen LogP contribution in [0.1, 0.15) is 26.7 Å². The monoisotopic (exact) mass is 227 g/mol. The average Bonchev–Trinajstić information content (AvgIpc) is 2.25. The molecule has 1 rings (SSSR count). The van der Waals surface area contributed by atoms with Crippen molar-refractivity contribution in [2.24, 2.45) is 5.92 Å². The van der Waals surface area contributed by atoms with E-state index in [0.29, 0.717) is 18.5 Å². The van der Waals surface area contributed by atoms with Crippen LogP contribution in [0.5, 0.6) is 0 Å². The van der Waals surface area contributed by atoms with Gasteiger partial charge in [0.1, 0.15) is 0 Å². The fourth-order valence-electron chi connectivity index (χ4n) is 1.88. The Bertz CT molecular complexity index is 210. The van der Waals surface area contributed by atoms with E-state index in [1.165, 1.54) is 12.8 Å². The predicted molar refractivity (Wildman–Crippen MR) is 66.4 cm³/mol. The van der Waals surface area contributed by atoms with Crippen molar-refractivity contribution in [1.29, 1.82) is 0 Å². The molecule has 0 aromatic heterocycles. The van der Waals surface area contributed by atoms with Crippen molar-refractivity contribution < 1.29 is 4.79 Å². The average molecular weight is 227 g/mol. The van der Waals surface area contributed by atoms with Crippen molar-refractivity contribution in [2.45, 2.75) is 32.7 Å². The van der Waals surface area contributed by atoms with Crippen molar-refractivity contribution in [3.05, 3.63) is 0 Å². The summed E-state index contributed by atoms with van der Waals surface area (Å²) in [5, 5.41) is 6.12. The van der Waals surface area contributed by atoms with Gasteiger partial charge in [-0.1, -0.05) is 13.8 Å². The molecule has 4 nitrogen and oxygen atoms in total. The third-order valence-corrected chi connectivity index (χ3v) is 3.10. The Morgan fingerprint density at radius 2 is 2.00 bits per heavy atom. The zero-order valence-corrected chi connectivity index (χ0v) is 10.8. The van der Waals surface area contributed by atoms with Crippen LogP contribution in [0, 0.1) is 5.92 Å². The van der Waals surface area contributed by atoms with Crippen molar-refractivity contribution in [3.8, 4) is 0 Å². The fraction of sp³-hybridized carbons (Fsp3) is 0.917. The molecule has 0 unspecified atom stereocenters. The second kappa shape index (κ2) is 6.86. The second-order valence-corrected chi connectivity index (χ2v) is 5.09. The smallest absolute Gasteiger partial charge is 0.233 e. The highest BCUT2D eigenvalue weighted by molar-refractivity contribution is 5.77. The normalized spacial score (nSPS) is 19.0. The molecule has 0 bridgehead atoms. The SMILES string of the molecule is CC(C)NCC(=O)NCC1CCN(C)CC1. The maximum absolute atomic E-state index is 11.5. The quantitative estimate of drug-likeness (QED) is 0.716. The van der Waals surface area contributed by atoms with Gasteiger partial charge in [-0.25, -0.2) is 0 Å². The van der Waals surface area contributed by atoms with E-state index in [4.69, 9.17) is 0 Å². The first-order valence-corrected chi connectivity index (χ1v) is 6.26. The minimum Gasteiger partial charge on any atom is -0.355 e. The minimum atomic E-state index is 0.118. The van der Waals surface area contributed by atoms with Crippen LogP contribution in [0.4, 0.5) is 0 Å². The Hall–Kier alpha value is -0.610. The van der Waals surface area contributed by atoms with Gasteiger partial charge in [-0.3, -0.25) is 4.79 Å². The van der Waals surface area contributed by atoms with Gasteiger partial charge >= 0.3 is 0 Å². The predicted octanol–water partition coefficient (Wildman–Crippen LogP) is 0.442. The molecule has 0 aromatic rings. The largest absolute Gasteiger partial charge is 0.355 e. The lowest BCUT2D eigenvalue weighted by Gasteiger charge is -2.28. The summed E-state index contributed by atoms with van der Waals surface area (Å²) in [7, 11) is 2.15. The number of likely N-dealkylation sites (tertiary alicyclic amines) is 1. The number of carbonyl (C=O) groups is 1. The third kappa shape index (κ3) is 5.47. The summed E-state index contributed by atoms with van der Waals surface area (Å²) in [5.41, 5.74) is 0. The van der Waals surface area contributed by atoms with Gasteiger partial charge in [-0.15, -0.1) is 0 Å². The van der Waals surface area contributed by atoms with Crippen LogP contribution >= 0.6 is 0 Å². The lowest BCUT2D eigenvalue weighted by Crippen LogP contribution is -2.41. The molecule has 94 valence electrons. The lowest BCUT2D eigenvalue weighted by molar-refractivity contribution is -0.120. The molecule has 0 atom stereocenters. The number of nitrogens with zero attached hydrogens (tertiary/aromatic N) is 1.